The average Bonchev–Trinajstić information content (AvgIpc) is 3.21. The smallest absolute Gasteiger partial charge is 0.287 e. The first kappa shape index (κ1) is 17.6. The van der Waals surface area contributed by atoms with Crippen LogP contribution < -0.4 is 10.7 Å². The molecule has 1 aromatic heterocycles. The number of nitrogens with one attached hydrogen (secondary N) is 1. The lowest BCUT2D eigenvalue weighted by atomic mass is 9.95. The van der Waals surface area contributed by atoms with E-state index in [0.29, 0.717) is 23.4 Å². The number of nitrogens with zero attached hydrogens (tertiary/aromatic N) is 1. The Labute approximate surface area is 157 Å². The highest BCUT2D eigenvalue weighted by atomic mass is 32.2. The van der Waals surface area contributed by atoms with E-state index in [4.69, 9.17) is 4.42 Å². The van der Waals surface area contributed by atoms with Crippen molar-refractivity contribution in [3.63, 3.8) is 0 Å². The largest absolute Gasteiger partial charge is 0.451 e. The van der Waals surface area contributed by atoms with Crippen LogP contribution in [0.1, 0.15) is 29.8 Å². The number of hydrogen-bond donors (Lipinski definition) is 1. The van der Waals surface area contributed by atoms with Crippen molar-refractivity contribution in [2.24, 2.45) is 5.92 Å². The molecule has 1 aromatic carbocycles. The summed E-state index contributed by atoms with van der Waals surface area (Å²) in [5.74, 6) is 2.84. The Morgan fingerprint density at radius 1 is 1.23 bits per heavy atom. The second-order valence-corrected chi connectivity index (χ2v) is 8.33. The van der Waals surface area contributed by atoms with Crippen LogP contribution in [0.15, 0.2) is 39.5 Å². The van der Waals surface area contributed by atoms with Crippen LogP contribution in [0.3, 0.4) is 0 Å². The number of benzene rings is 1. The maximum absolute atomic E-state index is 12.4. The van der Waals surface area contributed by atoms with Crippen molar-refractivity contribution in [3.8, 4) is 0 Å². The fourth-order valence-corrected chi connectivity index (χ4v) is 5.13. The van der Waals surface area contributed by atoms with E-state index in [9.17, 15) is 9.59 Å². The lowest BCUT2D eigenvalue weighted by Gasteiger charge is -2.35. The molecule has 5 nitrogen and oxygen atoms in total. The van der Waals surface area contributed by atoms with Crippen LogP contribution in [0.4, 0.5) is 0 Å². The lowest BCUT2D eigenvalue weighted by Crippen LogP contribution is -2.43. The van der Waals surface area contributed by atoms with E-state index in [1.54, 1.807) is 24.3 Å². The van der Waals surface area contributed by atoms with Crippen LogP contribution in [0.5, 0.6) is 0 Å². The van der Waals surface area contributed by atoms with E-state index in [1.165, 1.54) is 24.0 Å². The molecule has 0 saturated carbocycles. The Morgan fingerprint density at radius 2 is 2.04 bits per heavy atom. The van der Waals surface area contributed by atoms with Crippen molar-refractivity contribution >= 4 is 28.6 Å². The first-order valence-electron chi connectivity index (χ1n) is 9.33. The number of hydrogen-bond acceptors (Lipinski definition) is 5. The zero-order chi connectivity index (χ0) is 17.9. The molecule has 1 atom stereocenters. The molecule has 1 N–H and O–H groups in total. The minimum Gasteiger partial charge on any atom is -0.451 e. The van der Waals surface area contributed by atoms with Gasteiger partial charge in [-0.15, -0.1) is 0 Å². The zero-order valence-electron chi connectivity index (χ0n) is 14.8. The molecule has 0 bridgehead atoms. The molecule has 2 aliphatic rings. The summed E-state index contributed by atoms with van der Waals surface area (Å²) < 4.78 is 5.61. The van der Waals surface area contributed by atoms with Gasteiger partial charge in [-0.1, -0.05) is 12.1 Å². The molecule has 0 radical (unpaired) electrons. The van der Waals surface area contributed by atoms with Crippen LogP contribution >= 0.6 is 11.8 Å². The summed E-state index contributed by atoms with van der Waals surface area (Å²) in [6, 6.07) is 9.05. The van der Waals surface area contributed by atoms with Crippen molar-refractivity contribution in [2.75, 3.05) is 31.1 Å². The summed E-state index contributed by atoms with van der Waals surface area (Å²) in [6.45, 7) is 2.89. The van der Waals surface area contributed by atoms with Gasteiger partial charge < -0.3 is 9.73 Å². The van der Waals surface area contributed by atoms with Crippen LogP contribution in [0.25, 0.3) is 11.0 Å². The second-order valence-electron chi connectivity index (χ2n) is 7.18. The molecule has 6 heteroatoms. The molecule has 4 rings (SSSR count). The second kappa shape index (κ2) is 7.84. The van der Waals surface area contributed by atoms with Gasteiger partial charge in [-0.25, -0.2) is 0 Å². The van der Waals surface area contributed by atoms with Gasteiger partial charge in [0.25, 0.3) is 5.91 Å². The molecule has 138 valence electrons. The van der Waals surface area contributed by atoms with E-state index in [0.717, 1.165) is 32.0 Å². The van der Waals surface area contributed by atoms with Gasteiger partial charge in [-0.05, 0) is 56.2 Å². The Kier molecular flexibility index (Phi) is 5.31. The highest BCUT2D eigenvalue weighted by Gasteiger charge is 2.27. The van der Waals surface area contributed by atoms with Crippen molar-refractivity contribution in [1.29, 1.82) is 0 Å². The molecule has 0 spiro atoms. The van der Waals surface area contributed by atoms with E-state index in [2.05, 4.69) is 22.0 Å². The van der Waals surface area contributed by atoms with Crippen molar-refractivity contribution in [2.45, 2.75) is 25.3 Å². The molecule has 1 amide bonds. The maximum atomic E-state index is 12.4. The quantitative estimate of drug-likeness (QED) is 0.894. The SMILES string of the molecule is O=C(NCC1CCN(C2CCSC2)CC1)c1cc(=O)c2ccccc2o1. The molecule has 2 aromatic rings. The summed E-state index contributed by atoms with van der Waals surface area (Å²) in [7, 11) is 0. The molecule has 3 heterocycles. The predicted octanol–water partition coefficient (Wildman–Crippen LogP) is 2.74. The summed E-state index contributed by atoms with van der Waals surface area (Å²) in [5, 5.41) is 3.45. The molecule has 26 heavy (non-hydrogen) atoms. The number of thioether (sulfide) groups is 1. The van der Waals surface area contributed by atoms with Crippen LogP contribution in [0, 0.1) is 5.92 Å². The monoisotopic (exact) mass is 372 g/mol. The molecular formula is C20H24N2O3S. The number of amides is 1. The van der Waals surface area contributed by atoms with Gasteiger partial charge in [0.1, 0.15) is 5.58 Å². The number of para-hydroxylation sites is 1. The van der Waals surface area contributed by atoms with E-state index in [-0.39, 0.29) is 17.1 Å². The van der Waals surface area contributed by atoms with Crippen LogP contribution in [-0.2, 0) is 0 Å². The van der Waals surface area contributed by atoms with E-state index < -0.39 is 0 Å². The fourth-order valence-electron chi connectivity index (χ4n) is 3.87. The highest BCUT2D eigenvalue weighted by molar-refractivity contribution is 7.99. The number of likely N-dealkylation sites (tertiary alicyclic amines) is 1. The first-order valence-corrected chi connectivity index (χ1v) is 10.5. The Bertz CT molecular complexity index is 836. The van der Waals surface area contributed by atoms with Gasteiger partial charge in [0.15, 0.2) is 11.2 Å². The summed E-state index contributed by atoms with van der Waals surface area (Å²) in [6.07, 6.45) is 3.54. The van der Waals surface area contributed by atoms with Gasteiger partial charge in [-0.3, -0.25) is 14.5 Å². The normalized spacial score (nSPS) is 21.9. The summed E-state index contributed by atoms with van der Waals surface area (Å²) in [5.41, 5.74) is 0.271. The minimum absolute atomic E-state index is 0.0918. The Balaban J connectivity index is 1.32. The molecule has 2 fully saturated rings. The third kappa shape index (κ3) is 3.81. The third-order valence-electron chi connectivity index (χ3n) is 5.48. The number of piperidine rings is 1. The van der Waals surface area contributed by atoms with Gasteiger partial charge in [0, 0.05) is 24.4 Å². The topological polar surface area (TPSA) is 62.6 Å². The van der Waals surface area contributed by atoms with Crippen LogP contribution in [-0.4, -0.2) is 48.0 Å². The molecule has 2 aliphatic heterocycles. The van der Waals surface area contributed by atoms with Gasteiger partial charge in [0.05, 0.1) is 5.39 Å². The van der Waals surface area contributed by atoms with Crippen molar-refractivity contribution in [3.05, 3.63) is 46.3 Å². The standard InChI is InChI=1S/C20H24N2O3S/c23-17-11-19(25-18-4-2-1-3-16(17)18)20(24)21-12-14-5-8-22(9-6-14)15-7-10-26-13-15/h1-4,11,14-15H,5-10,12-13H2,(H,21,24). The number of carbonyl (C=O) groups is 1. The van der Waals surface area contributed by atoms with E-state index >= 15 is 0 Å². The highest BCUT2D eigenvalue weighted by Crippen LogP contribution is 2.26. The first-order chi connectivity index (χ1) is 12.7. The molecule has 0 aliphatic carbocycles. The molecule has 2 saturated heterocycles. The van der Waals surface area contributed by atoms with Crippen molar-refractivity contribution < 1.29 is 9.21 Å². The Morgan fingerprint density at radius 3 is 2.81 bits per heavy atom. The number of fused-ring (bicyclic) bond motifs is 1. The van der Waals surface area contributed by atoms with Gasteiger partial charge in [0.2, 0.25) is 0 Å². The van der Waals surface area contributed by atoms with Gasteiger partial charge >= 0.3 is 0 Å². The summed E-state index contributed by atoms with van der Waals surface area (Å²) >= 11 is 2.06. The number of rotatable bonds is 4. The van der Waals surface area contributed by atoms with Gasteiger partial charge in [-0.2, -0.15) is 11.8 Å². The lowest BCUT2D eigenvalue weighted by molar-refractivity contribution is 0.0902. The predicted molar refractivity (Wildman–Crippen MR) is 105 cm³/mol. The molecular weight excluding hydrogens is 348 g/mol. The number of carbonyl (C=O) groups excluding carboxylic acids is 1. The third-order valence-corrected chi connectivity index (χ3v) is 6.63. The Hall–Kier alpha value is -1.79. The maximum Gasteiger partial charge on any atom is 0.287 e. The summed E-state index contributed by atoms with van der Waals surface area (Å²) in [4.78, 5) is 27.1. The minimum atomic E-state index is -0.303. The van der Waals surface area contributed by atoms with E-state index in [1.807, 2.05) is 0 Å². The van der Waals surface area contributed by atoms with Crippen LogP contribution in [0.2, 0.25) is 0 Å². The fraction of sp³-hybridized carbons (Fsp3) is 0.500. The zero-order valence-corrected chi connectivity index (χ0v) is 15.6. The molecule has 1 unspecified atom stereocenters. The van der Waals surface area contributed by atoms with Crippen molar-refractivity contribution in [1.82, 2.24) is 10.2 Å². The average molecular weight is 372 g/mol.